The van der Waals surface area contributed by atoms with Crippen LogP contribution in [-0.4, -0.2) is 34.9 Å². The molecule has 2 rings (SSSR count). The van der Waals surface area contributed by atoms with Crippen LogP contribution in [0.1, 0.15) is 35.7 Å². The van der Waals surface area contributed by atoms with E-state index in [-0.39, 0.29) is 30.0 Å². The van der Waals surface area contributed by atoms with E-state index in [9.17, 15) is 14.9 Å². The number of benzene rings is 1. The van der Waals surface area contributed by atoms with Gasteiger partial charge in [0.15, 0.2) is 0 Å². The minimum absolute atomic E-state index is 0. The average molecular weight is 328 g/mol. The number of carbonyl (C=O) groups is 1. The highest BCUT2D eigenvalue weighted by atomic mass is 35.5. The van der Waals surface area contributed by atoms with Crippen LogP contribution in [0.25, 0.3) is 0 Å². The van der Waals surface area contributed by atoms with Crippen molar-refractivity contribution < 1.29 is 9.72 Å². The molecule has 1 saturated heterocycles. The molecule has 1 aliphatic heterocycles. The monoisotopic (exact) mass is 327 g/mol. The SMILES string of the molecule is Cc1c(C(=O)N2CCCC(C(C)N)C2)cccc1[N+](=O)[O-].Cl. The van der Waals surface area contributed by atoms with Gasteiger partial charge >= 0.3 is 0 Å². The van der Waals surface area contributed by atoms with E-state index in [1.165, 1.54) is 6.07 Å². The fourth-order valence-electron chi connectivity index (χ4n) is 2.85. The molecule has 1 aromatic rings. The molecule has 2 unspecified atom stereocenters. The molecule has 1 aromatic carbocycles. The van der Waals surface area contributed by atoms with E-state index in [0.717, 1.165) is 12.8 Å². The summed E-state index contributed by atoms with van der Waals surface area (Å²) >= 11 is 0. The van der Waals surface area contributed by atoms with Crippen LogP contribution in [0, 0.1) is 23.0 Å². The number of nitrogens with zero attached hydrogens (tertiary/aromatic N) is 2. The first-order valence-electron chi connectivity index (χ1n) is 7.20. The number of nitrogens with two attached hydrogens (primary N) is 1. The van der Waals surface area contributed by atoms with Crippen molar-refractivity contribution in [1.82, 2.24) is 4.90 Å². The maximum atomic E-state index is 12.6. The van der Waals surface area contributed by atoms with Gasteiger partial charge in [0.25, 0.3) is 11.6 Å². The summed E-state index contributed by atoms with van der Waals surface area (Å²) in [5.74, 6) is 0.156. The highest BCUT2D eigenvalue weighted by Crippen LogP contribution is 2.25. The van der Waals surface area contributed by atoms with Crippen LogP contribution in [0.15, 0.2) is 18.2 Å². The van der Waals surface area contributed by atoms with Crippen LogP contribution in [0.3, 0.4) is 0 Å². The molecule has 1 aliphatic rings. The number of piperidine rings is 1. The van der Waals surface area contributed by atoms with Gasteiger partial charge in [-0.2, -0.15) is 0 Å². The van der Waals surface area contributed by atoms with Crippen LogP contribution in [0.2, 0.25) is 0 Å². The molecule has 0 bridgehead atoms. The Bertz CT molecular complexity index is 563. The lowest BCUT2D eigenvalue weighted by molar-refractivity contribution is -0.385. The first-order chi connectivity index (χ1) is 9.91. The van der Waals surface area contributed by atoms with E-state index in [4.69, 9.17) is 5.73 Å². The quantitative estimate of drug-likeness (QED) is 0.682. The second kappa shape index (κ2) is 7.56. The molecule has 1 heterocycles. The first-order valence-corrected chi connectivity index (χ1v) is 7.20. The molecule has 0 saturated carbocycles. The molecule has 0 aromatic heterocycles. The maximum absolute atomic E-state index is 12.6. The topological polar surface area (TPSA) is 89.5 Å². The summed E-state index contributed by atoms with van der Waals surface area (Å²) in [4.78, 5) is 24.9. The van der Waals surface area contributed by atoms with Gasteiger partial charge < -0.3 is 10.6 Å². The Labute approximate surface area is 136 Å². The molecule has 2 atom stereocenters. The fraction of sp³-hybridized carbons (Fsp3) is 0.533. The minimum Gasteiger partial charge on any atom is -0.338 e. The van der Waals surface area contributed by atoms with Gasteiger partial charge in [0.1, 0.15) is 0 Å². The largest absolute Gasteiger partial charge is 0.338 e. The summed E-state index contributed by atoms with van der Waals surface area (Å²) in [5, 5.41) is 11.0. The second-order valence-electron chi connectivity index (χ2n) is 5.72. The van der Waals surface area contributed by atoms with Crippen LogP contribution >= 0.6 is 12.4 Å². The van der Waals surface area contributed by atoms with E-state index in [1.807, 2.05) is 6.92 Å². The molecule has 2 N–H and O–H groups in total. The van der Waals surface area contributed by atoms with E-state index < -0.39 is 4.92 Å². The van der Waals surface area contributed by atoms with Crippen molar-refractivity contribution in [2.24, 2.45) is 11.7 Å². The number of carbonyl (C=O) groups excluding carboxylic acids is 1. The van der Waals surface area contributed by atoms with Crippen LogP contribution < -0.4 is 5.73 Å². The molecular weight excluding hydrogens is 306 g/mol. The first kappa shape index (κ1) is 18.4. The Balaban J connectivity index is 0.00000242. The molecular formula is C15H22ClN3O3. The smallest absolute Gasteiger partial charge is 0.273 e. The lowest BCUT2D eigenvalue weighted by Crippen LogP contribution is -2.45. The summed E-state index contributed by atoms with van der Waals surface area (Å²) < 4.78 is 0. The third-order valence-corrected chi connectivity index (χ3v) is 4.22. The van der Waals surface area contributed by atoms with Crippen molar-refractivity contribution in [2.45, 2.75) is 32.7 Å². The molecule has 1 fully saturated rings. The van der Waals surface area contributed by atoms with Crippen LogP contribution in [-0.2, 0) is 0 Å². The Morgan fingerprint density at radius 1 is 1.50 bits per heavy atom. The van der Waals surface area contributed by atoms with Gasteiger partial charge in [0, 0.05) is 36.3 Å². The van der Waals surface area contributed by atoms with Gasteiger partial charge in [0.05, 0.1) is 4.92 Å². The van der Waals surface area contributed by atoms with Gasteiger partial charge in [-0.15, -0.1) is 12.4 Å². The van der Waals surface area contributed by atoms with Crippen molar-refractivity contribution in [1.29, 1.82) is 0 Å². The number of amides is 1. The van der Waals surface area contributed by atoms with Gasteiger partial charge in [0.2, 0.25) is 0 Å². The summed E-state index contributed by atoms with van der Waals surface area (Å²) in [7, 11) is 0. The highest BCUT2D eigenvalue weighted by Gasteiger charge is 2.28. The highest BCUT2D eigenvalue weighted by molar-refractivity contribution is 5.96. The van der Waals surface area contributed by atoms with Crippen molar-refractivity contribution in [3.8, 4) is 0 Å². The normalized spacial score (nSPS) is 19.2. The van der Waals surface area contributed by atoms with Crippen molar-refractivity contribution in [2.75, 3.05) is 13.1 Å². The van der Waals surface area contributed by atoms with E-state index in [1.54, 1.807) is 24.0 Å². The lowest BCUT2D eigenvalue weighted by atomic mass is 9.91. The summed E-state index contributed by atoms with van der Waals surface area (Å²) in [6, 6.07) is 4.69. The summed E-state index contributed by atoms with van der Waals surface area (Å²) in [6.45, 7) is 4.89. The van der Waals surface area contributed by atoms with Gasteiger partial charge in [-0.05, 0) is 38.7 Å². The van der Waals surface area contributed by atoms with Gasteiger partial charge in [-0.3, -0.25) is 14.9 Å². The zero-order valence-corrected chi connectivity index (χ0v) is 13.6. The molecule has 22 heavy (non-hydrogen) atoms. The van der Waals surface area contributed by atoms with E-state index >= 15 is 0 Å². The van der Waals surface area contributed by atoms with E-state index in [0.29, 0.717) is 30.1 Å². The van der Waals surface area contributed by atoms with Gasteiger partial charge in [-0.25, -0.2) is 0 Å². The van der Waals surface area contributed by atoms with Crippen LogP contribution in [0.5, 0.6) is 0 Å². The second-order valence-corrected chi connectivity index (χ2v) is 5.72. The van der Waals surface area contributed by atoms with E-state index in [2.05, 4.69) is 0 Å². The van der Waals surface area contributed by atoms with Crippen LogP contribution in [0.4, 0.5) is 5.69 Å². The van der Waals surface area contributed by atoms with Crippen molar-refractivity contribution >= 4 is 24.0 Å². The number of nitro groups is 1. The molecule has 0 spiro atoms. The Kier molecular flexibility index (Phi) is 6.32. The summed E-state index contributed by atoms with van der Waals surface area (Å²) in [5.41, 5.74) is 6.76. The number of nitro benzene ring substituents is 1. The number of halogens is 1. The molecule has 0 aliphatic carbocycles. The summed E-state index contributed by atoms with van der Waals surface area (Å²) in [6.07, 6.45) is 1.95. The molecule has 7 heteroatoms. The van der Waals surface area contributed by atoms with Gasteiger partial charge in [-0.1, -0.05) is 6.07 Å². The number of hydrogen-bond acceptors (Lipinski definition) is 4. The minimum atomic E-state index is -0.451. The standard InChI is InChI=1S/C15H21N3O3.ClH/c1-10-13(6-3-7-14(10)18(20)21)15(19)17-8-4-5-12(9-17)11(2)16;/h3,6-7,11-12H,4-5,8-9,16H2,1-2H3;1H. The zero-order chi connectivity index (χ0) is 15.6. The number of likely N-dealkylation sites (tertiary alicyclic amines) is 1. The molecule has 1 amide bonds. The molecule has 122 valence electrons. The zero-order valence-electron chi connectivity index (χ0n) is 12.8. The van der Waals surface area contributed by atoms with Crippen molar-refractivity contribution in [3.05, 3.63) is 39.4 Å². The maximum Gasteiger partial charge on any atom is 0.273 e. The third kappa shape index (κ3) is 3.75. The molecule has 6 nitrogen and oxygen atoms in total. The fourth-order valence-corrected chi connectivity index (χ4v) is 2.85. The number of hydrogen-bond donors (Lipinski definition) is 1. The lowest BCUT2D eigenvalue weighted by Gasteiger charge is -2.34. The average Bonchev–Trinajstić information content (AvgIpc) is 2.46. The third-order valence-electron chi connectivity index (χ3n) is 4.22. The predicted molar refractivity (Wildman–Crippen MR) is 87.4 cm³/mol. The Morgan fingerprint density at radius 2 is 2.18 bits per heavy atom. The number of rotatable bonds is 3. The predicted octanol–water partition coefficient (Wildman–Crippen LogP) is 2.52. The Hall–Kier alpha value is -1.66. The Morgan fingerprint density at radius 3 is 2.77 bits per heavy atom. The molecule has 0 radical (unpaired) electrons. The van der Waals surface area contributed by atoms with Crippen molar-refractivity contribution in [3.63, 3.8) is 0 Å².